The Hall–Kier alpha value is -5.87. The lowest BCUT2D eigenvalue weighted by atomic mass is 9.77. The predicted molar refractivity (Wildman–Crippen MR) is 216 cm³/mol. The Morgan fingerprint density at radius 3 is 1.55 bits per heavy atom. The summed E-state index contributed by atoms with van der Waals surface area (Å²) in [5.41, 5.74) is 4.59. The summed E-state index contributed by atoms with van der Waals surface area (Å²) in [5, 5.41) is 8.48. The highest BCUT2D eigenvalue weighted by Crippen LogP contribution is 2.44. The first-order valence-corrected chi connectivity index (χ1v) is 18.9. The van der Waals surface area contributed by atoms with Crippen molar-refractivity contribution in [1.29, 1.82) is 0 Å². The number of rotatable bonds is 13. The normalized spacial score (nSPS) is 13.4. The molecule has 0 saturated heterocycles. The van der Waals surface area contributed by atoms with E-state index < -0.39 is 53.5 Å². The molecule has 0 unspecified atom stereocenters. The van der Waals surface area contributed by atoms with Crippen molar-refractivity contribution in [2.75, 3.05) is 12.4 Å². The Kier molecular flexibility index (Phi) is 12.1. The molecule has 5 aromatic rings. The fourth-order valence-corrected chi connectivity index (χ4v) is 7.30. The van der Waals surface area contributed by atoms with Gasteiger partial charge in [0.05, 0.1) is 6.42 Å². The van der Waals surface area contributed by atoms with E-state index >= 15 is 0 Å². The van der Waals surface area contributed by atoms with Gasteiger partial charge in [0.1, 0.15) is 29.8 Å². The highest BCUT2D eigenvalue weighted by Gasteiger charge is 2.40. The smallest absolute Gasteiger partial charge is 0.407 e. The summed E-state index contributed by atoms with van der Waals surface area (Å²) in [5.74, 6) is -2.35. The molecule has 0 spiro atoms. The third-order valence-corrected chi connectivity index (χ3v) is 9.84. The third-order valence-electron chi connectivity index (χ3n) is 9.48. The van der Waals surface area contributed by atoms with E-state index in [4.69, 9.17) is 9.47 Å². The van der Waals surface area contributed by atoms with Crippen LogP contribution in [0.5, 0.6) is 0 Å². The minimum absolute atomic E-state index is 0.0491. The second-order valence-electron chi connectivity index (χ2n) is 14.4. The zero-order valence-corrected chi connectivity index (χ0v) is 31.9. The van der Waals surface area contributed by atoms with Gasteiger partial charge in [0.2, 0.25) is 11.8 Å². The highest BCUT2D eigenvalue weighted by molar-refractivity contribution is 7.80. The molecule has 0 aromatic heterocycles. The molecule has 3 N–H and O–H groups in total. The van der Waals surface area contributed by atoms with Crippen LogP contribution >= 0.6 is 12.6 Å². The number of carbonyl (C=O) groups is 4. The van der Waals surface area contributed by atoms with Gasteiger partial charge in [-0.2, -0.15) is 12.6 Å². The number of amides is 3. The molecular formula is C45H45N3O6S. The minimum atomic E-state index is -1.40. The van der Waals surface area contributed by atoms with Gasteiger partial charge in [0, 0.05) is 11.7 Å². The number of hydrogen-bond donors (Lipinski definition) is 4. The van der Waals surface area contributed by atoms with Gasteiger partial charge in [0.15, 0.2) is 0 Å². The van der Waals surface area contributed by atoms with Crippen LogP contribution in [-0.4, -0.2) is 53.9 Å². The Morgan fingerprint density at radius 2 is 1.09 bits per heavy atom. The van der Waals surface area contributed by atoms with E-state index in [9.17, 15) is 19.2 Å². The number of benzene rings is 5. The van der Waals surface area contributed by atoms with E-state index in [0.29, 0.717) is 0 Å². The second kappa shape index (κ2) is 17.1. The molecule has 10 heteroatoms. The predicted octanol–water partition coefficient (Wildman–Crippen LogP) is 7.15. The van der Waals surface area contributed by atoms with E-state index in [1.165, 1.54) is 0 Å². The second-order valence-corrected chi connectivity index (χ2v) is 14.8. The molecule has 55 heavy (non-hydrogen) atoms. The van der Waals surface area contributed by atoms with E-state index in [0.717, 1.165) is 38.9 Å². The zero-order valence-electron chi connectivity index (χ0n) is 31.0. The summed E-state index contributed by atoms with van der Waals surface area (Å²) in [4.78, 5) is 54.8. The number of ether oxygens (including phenoxy) is 2. The van der Waals surface area contributed by atoms with Gasteiger partial charge in [-0.05, 0) is 59.7 Å². The molecule has 5 aromatic carbocycles. The monoisotopic (exact) mass is 755 g/mol. The maximum absolute atomic E-state index is 14.3. The molecule has 0 bridgehead atoms. The molecule has 0 heterocycles. The summed E-state index contributed by atoms with van der Waals surface area (Å²) in [7, 11) is 0. The van der Waals surface area contributed by atoms with E-state index in [1.54, 1.807) is 20.8 Å². The molecular weight excluding hydrogens is 711 g/mol. The molecule has 1 aliphatic rings. The van der Waals surface area contributed by atoms with E-state index in [2.05, 4.69) is 28.6 Å². The number of esters is 1. The van der Waals surface area contributed by atoms with Gasteiger partial charge in [0.25, 0.3) is 0 Å². The number of fused-ring (bicyclic) bond motifs is 3. The van der Waals surface area contributed by atoms with Crippen LogP contribution in [0.3, 0.4) is 0 Å². The van der Waals surface area contributed by atoms with Gasteiger partial charge < -0.3 is 25.4 Å². The number of thiol groups is 1. The van der Waals surface area contributed by atoms with Gasteiger partial charge in [-0.25, -0.2) is 9.59 Å². The van der Waals surface area contributed by atoms with Crippen LogP contribution in [0.4, 0.5) is 4.79 Å². The topological polar surface area (TPSA) is 123 Å². The lowest BCUT2D eigenvalue weighted by molar-refractivity contribution is -0.159. The maximum atomic E-state index is 14.3. The summed E-state index contributed by atoms with van der Waals surface area (Å²) in [6.07, 6.45) is -1.28. The van der Waals surface area contributed by atoms with E-state index in [1.807, 2.05) is 140 Å². The highest BCUT2D eigenvalue weighted by atomic mass is 32.1. The molecule has 282 valence electrons. The van der Waals surface area contributed by atoms with Crippen molar-refractivity contribution in [3.63, 3.8) is 0 Å². The fourth-order valence-electron chi connectivity index (χ4n) is 7.04. The summed E-state index contributed by atoms with van der Waals surface area (Å²) < 4.78 is 11.3. The first-order chi connectivity index (χ1) is 26.5. The number of hydrogen-bond acceptors (Lipinski definition) is 7. The fraction of sp³-hybridized carbons (Fsp3) is 0.244. The lowest BCUT2D eigenvalue weighted by Crippen LogP contribution is -2.55. The lowest BCUT2D eigenvalue weighted by Gasteiger charge is -2.37. The standard InChI is InChI=1S/C45H45N3O6S/c1-44(2,3)54-42(51)38(27-40(49)48-45(30-17-7-4-8-18-30,31-19-9-5-10-20-31)32-21-11-6-12-22-32)46-41(50)39(29-55)47-43(52)53-28-37-35-25-15-13-23-33(35)34-24-14-16-26-36(34)37/h4-26,37-39,55H,27-29H2,1-3H3,(H,46,50)(H,47,52)(H,48,49)/t38-,39-/m0/s1. The Balaban J connectivity index is 1.20. The molecule has 0 aliphatic heterocycles. The Labute approximate surface area is 327 Å². The van der Waals surface area contributed by atoms with Crippen molar-refractivity contribution in [2.24, 2.45) is 0 Å². The van der Waals surface area contributed by atoms with Crippen molar-refractivity contribution in [3.05, 3.63) is 167 Å². The molecule has 9 nitrogen and oxygen atoms in total. The first-order valence-electron chi connectivity index (χ1n) is 18.2. The van der Waals surface area contributed by atoms with Crippen molar-refractivity contribution in [2.45, 2.75) is 56.3 Å². The number of carbonyl (C=O) groups excluding carboxylic acids is 4. The van der Waals surface area contributed by atoms with Gasteiger partial charge in [-0.15, -0.1) is 0 Å². The van der Waals surface area contributed by atoms with Crippen molar-refractivity contribution < 1.29 is 28.7 Å². The van der Waals surface area contributed by atoms with Crippen LogP contribution in [0.25, 0.3) is 11.1 Å². The molecule has 0 fully saturated rings. The molecule has 2 atom stereocenters. The van der Waals surface area contributed by atoms with Crippen molar-refractivity contribution in [1.82, 2.24) is 16.0 Å². The van der Waals surface area contributed by atoms with Gasteiger partial charge in [-0.3, -0.25) is 9.59 Å². The van der Waals surface area contributed by atoms with Crippen LogP contribution in [0.2, 0.25) is 0 Å². The average molecular weight is 756 g/mol. The molecule has 6 rings (SSSR count). The van der Waals surface area contributed by atoms with Crippen LogP contribution in [-0.2, 0) is 29.4 Å². The number of nitrogens with one attached hydrogen (secondary N) is 3. The zero-order chi connectivity index (χ0) is 39.0. The van der Waals surface area contributed by atoms with E-state index in [-0.39, 0.29) is 18.3 Å². The molecule has 0 radical (unpaired) electrons. The maximum Gasteiger partial charge on any atom is 0.407 e. The van der Waals surface area contributed by atoms with Crippen molar-refractivity contribution in [3.8, 4) is 11.1 Å². The van der Waals surface area contributed by atoms with Crippen LogP contribution in [0, 0.1) is 0 Å². The molecule has 3 amide bonds. The molecule has 0 saturated carbocycles. The number of alkyl carbamates (subject to hydrolysis) is 1. The van der Waals surface area contributed by atoms with Crippen molar-refractivity contribution >= 4 is 36.5 Å². The third kappa shape index (κ3) is 8.92. The quantitative estimate of drug-likeness (QED) is 0.0576. The minimum Gasteiger partial charge on any atom is -0.458 e. The first kappa shape index (κ1) is 38.8. The SMILES string of the molecule is CC(C)(C)OC(=O)[C@H](CC(=O)NC(c1ccccc1)(c1ccccc1)c1ccccc1)NC(=O)[C@H](CS)NC(=O)OCC1c2ccccc2-c2ccccc21. The summed E-state index contributed by atoms with van der Waals surface area (Å²) in [6.45, 7) is 5.15. The summed E-state index contributed by atoms with van der Waals surface area (Å²) >= 11 is 4.32. The Bertz CT molecular complexity index is 1980. The Morgan fingerprint density at radius 1 is 0.636 bits per heavy atom. The molecule has 1 aliphatic carbocycles. The van der Waals surface area contributed by atoms with Crippen LogP contribution in [0.15, 0.2) is 140 Å². The van der Waals surface area contributed by atoms with Gasteiger partial charge in [-0.1, -0.05) is 140 Å². The largest absolute Gasteiger partial charge is 0.458 e. The van der Waals surface area contributed by atoms with Crippen LogP contribution in [0.1, 0.15) is 60.9 Å². The summed E-state index contributed by atoms with van der Waals surface area (Å²) in [6, 6.07) is 42.0. The average Bonchev–Trinajstić information content (AvgIpc) is 3.51. The van der Waals surface area contributed by atoms with Gasteiger partial charge >= 0.3 is 12.1 Å². The van der Waals surface area contributed by atoms with Crippen LogP contribution < -0.4 is 16.0 Å².